The fourth-order valence-corrected chi connectivity index (χ4v) is 1.89. The first kappa shape index (κ1) is 13.6. The topological polar surface area (TPSA) is 109 Å². The number of carbonyl (C=O) groups is 1. The van der Waals surface area contributed by atoms with Crippen LogP contribution in [0.25, 0.3) is 0 Å². The number of carboxylic acid groups (broad SMARTS) is 1. The lowest BCUT2D eigenvalue weighted by Gasteiger charge is -2.07. The Balaban J connectivity index is 1.99. The molecule has 0 radical (unpaired) electrons. The van der Waals surface area contributed by atoms with Gasteiger partial charge in [-0.3, -0.25) is 4.68 Å². The summed E-state index contributed by atoms with van der Waals surface area (Å²) >= 11 is 0. The molecule has 0 aliphatic rings. The molecular formula is C12H14N6O2. The van der Waals surface area contributed by atoms with Crippen molar-refractivity contribution in [3.63, 3.8) is 0 Å². The monoisotopic (exact) mass is 274 g/mol. The molecule has 0 aliphatic heterocycles. The van der Waals surface area contributed by atoms with Gasteiger partial charge >= 0.3 is 5.97 Å². The number of aryl methyl sites for hydroxylation is 2. The van der Waals surface area contributed by atoms with Crippen LogP contribution in [0.4, 0.5) is 5.82 Å². The van der Waals surface area contributed by atoms with Crippen molar-refractivity contribution < 1.29 is 9.90 Å². The quantitative estimate of drug-likeness (QED) is 0.826. The van der Waals surface area contributed by atoms with Crippen LogP contribution in [0.1, 0.15) is 21.7 Å². The minimum absolute atomic E-state index is 0.0130. The normalized spacial score (nSPS) is 10.2. The van der Waals surface area contributed by atoms with Crippen molar-refractivity contribution in [1.82, 2.24) is 19.3 Å². The van der Waals surface area contributed by atoms with E-state index in [1.165, 1.54) is 12.5 Å². The van der Waals surface area contributed by atoms with Crippen molar-refractivity contribution in [3.8, 4) is 6.07 Å². The zero-order valence-electron chi connectivity index (χ0n) is 11.2. The maximum atomic E-state index is 10.7. The molecule has 0 atom stereocenters. The van der Waals surface area contributed by atoms with E-state index in [9.17, 15) is 4.79 Å². The highest BCUT2D eigenvalue weighted by atomic mass is 16.4. The smallest absolute Gasteiger partial charge is 0.356 e. The van der Waals surface area contributed by atoms with Gasteiger partial charge in [-0.25, -0.2) is 9.78 Å². The van der Waals surface area contributed by atoms with Crippen molar-refractivity contribution in [1.29, 1.82) is 5.26 Å². The highest BCUT2D eigenvalue weighted by Crippen LogP contribution is 2.16. The average molecular weight is 274 g/mol. The largest absolute Gasteiger partial charge is 0.476 e. The summed E-state index contributed by atoms with van der Waals surface area (Å²) in [6, 6.07) is 2.11. The molecule has 2 aromatic heterocycles. The van der Waals surface area contributed by atoms with E-state index in [0.717, 1.165) is 0 Å². The van der Waals surface area contributed by atoms with Gasteiger partial charge in [-0.15, -0.1) is 0 Å². The first-order valence-corrected chi connectivity index (χ1v) is 5.95. The highest BCUT2D eigenvalue weighted by Gasteiger charge is 2.12. The molecule has 2 rings (SSSR count). The average Bonchev–Trinajstić information content (AvgIpc) is 2.95. The lowest BCUT2D eigenvalue weighted by atomic mass is 10.2. The number of anilines is 1. The number of carboxylic acids is 1. The molecule has 0 saturated carbocycles. The first-order chi connectivity index (χ1) is 9.52. The molecule has 0 spiro atoms. The van der Waals surface area contributed by atoms with Gasteiger partial charge in [-0.1, -0.05) is 0 Å². The number of imidazole rings is 1. The van der Waals surface area contributed by atoms with Crippen LogP contribution < -0.4 is 5.32 Å². The van der Waals surface area contributed by atoms with E-state index in [1.54, 1.807) is 23.2 Å². The van der Waals surface area contributed by atoms with E-state index >= 15 is 0 Å². The molecule has 0 amide bonds. The van der Waals surface area contributed by atoms with E-state index in [4.69, 9.17) is 10.4 Å². The minimum atomic E-state index is -1.05. The molecule has 2 aromatic rings. The zero-order chi connectivity index (χ0) is 14.7. The van der Waals surface area contributed by atoms with Crippen LogP contribution in [-0.4, -0.2) is 37.0 Å². The molecular weight excluding hydrogens is 260 g/mol. The number of aromatic nitrogens is 4. The second-order valence-electron chi connectivity index (χ2n) is 4.27. The van der Waals surface area contributed by atoms with Crippen molar-refractivity contribution in [2.24, 2.45) is 7.05 Å². The molecule has 0 unspecified atom stereocenters. The number of nitrogens with zero attached hydrogens (tertiary/aromatic N) is 5. The number of nitriles is 1. The molecule has 2 heterocycles. The third-order valence-corrected chi connectivity index (χ3v) is 2.85. The standard InChI is InChI=1S/C12H14N6O2/c1-8-9(5-13)11(17(2)16-8)14-3-4-18-6-10(12(19)20)15-7-18/h6-7,14H,3-4H2,1-2H3,(H,19,20). The van der Waals surface area contributed by atoms with Crippen LogP contribution in [0, 0.1) is 18.3 Å². The molecule has 2 N–H and O–H groups in total. The third kappa shape index (κ3) is 2.61. The second kappa shape index (κ2) is 5.44. The SMILES string of the molecule is Cc1nn(C)c(NCCn2cnc(C(=O)O)c2)c1C#N. The van der Waals surface area contributed by atoms with E-state index in [1.807, 2.05) is 0 Å². The van der Waals surface area contributed by atoms with Crippen molar-refractivity contribution in [2.75, 3.05) is 11.9 Å². The molecule has 104 valence electrons. The van der Waals surface area contributed by atoms with Crippen LogP contribution in [0.5, 0.6) is 0 Å². The summed E-state index contributed by atoms with van der Waals surface area (Å²) < 4.78 is 3.29. The van der Waals surface area contributed by atoms with Crippen molar-refractivity contribution >= 4 is 11.8 Å². The Bertz CT molecular complexity index is 679. The molecule has 8 nitrogen and oxygen atoms in total. The summed E-state index contributed by atoms with van der Waals surface area (Å²) in [6.45, 7) is 2.84. The number of hydrogen-bond donors (Lipinski definition) is 2. The third-order valence-electron chi connectivity index (χ3n) is 2.85. The Labute approximate surface area is 115 Å². The van der Waals surface area contributed by atoms with Gasteiger partial charge < -0.3 is 15.0 Å². The van der Waals surface area contributed by atoms with Gasteiger partial charge in [0.15, 0.2) is 5.69 Å². The Morgan fingerprint density at radius 1 is 1.60 bits per heavy atom. The summed E-state index contributed by atoms with van der Waals surface area (Å²) in [6.07, 6.45) is 2.93. The van der Waals surface area contributed by atoms with Gasteiger partial charge in [-0.05, 0) is 6.92 Å². The summed E-state index contributed by atoms with van der Waals surface area (Å²) in [7, 11) is 1.76. The van der Waals surface area contributed by atoms with Gasteiger partial charge in [0.25, 0.3) is 0 Å². The van der Waals surface area contributed by atoms with Crippen molar-refractivity contribution in [3.05, 3.63) is 29.5 Å². The van der Waals surface area contributed by atoms with Gasteiger partial charge in [-0.2, -0.15) is 10.4 Å². The molecule has 0 saturated heterocycles. The lowest BCUT2D eigenvalue weighted by Crippen LogP contribution is -2.12. The number of nitrogens with one attached hydrogen (secondary N) is 1. The second-order valence-corrected chi connectivity index (χ2v) is 4.27. The summed E-state index contributed by atoms with van der Waals surface area (Å²) in [5.74, 6) is -0.394. The van der Waals surface area contributed by atoms with Gasteiger partial charge in [0.2, 0.25) is 0 Å². The van der Waals surface area contributed by atoms with Crippen LogP contribution in [0.3, 0.4) is 0 Å². The zero-order valence-corrected chi connectivity index (χ0v) is 11.2. The first-order valence-electron chi connectivity index (χ1n) is 5.95. The summed E-state index contributed by atoms with van der Waals surface area (Å²) in [5, 5.41) is 25.1. The summed E-state index contributed by atoms with van der Waals surface area (Å²) in [4.78, 5) is 14.5. The van der Waals surface area contributed by atoms with Crippen LogP contribution in [0.2, 0.25) is 0 Å². The maximum Gasteiger partial charge on any atom is 0.356 e. The predicted molar refractivity (Wildman–Crippen MR) is 70.3 cm³/mol. The van der Waals surface area contributed by atoms with Gasteiger partial charge in [0.1, 0.15) is 17.5 Å². The molecule has 8 heteroatoms. The molecule has 0 aliphatic carbocycles. The molecule has 20 heavy (non-hydrogen) atoms. The number of rotatable bonds is 5. The molecule has 0 bridgehead atoms. The lowest BCUT2D eigenvalue weighted by molar-refractivity contribution is 0.0691. The van der Waals surface area contributed by atoms with Gasteiger partial charge in [0, 0.05) is 26.3 Å². The van der Waals surface area contributed by atoms with Gasteiger partial charge in [0.05, 0.1) is 12.0 Å². The molecule has 0 aromatic carbocycles. The predicted octanol–water partition coefficient (Wildman–Crippen LogP) is 0.607. The van der Waals surface area contributed by atoms with E-state index in [2.05, 4.69) is 21.5 Å². The number of aromatic carboxylic acids is 1. The fraction of sp³-hybridized carbons (Fsp3) is 0.333. The highest BCUT2D eigenvalue weighted by molar-refractivity contribution is 5.84. The Morgan fingerprint density at radius 2 is 2.35 bits per heavy atom. The van der Waals surface area contributed by atoms with E-state index in [-0.39, 0.29) is 5.69 Å². The van der Waals surface area contributed by atoms with Crippen molar-refractivity contribution in [2.45, 2.75) is 13.5 Å². The van der Waals surface area contributed by atoms with Crippen LogP contribution >= 0.6 is 0 Å². The maximum absolute atomic E-state index is 10.7. The Hall–Kier alpha value is -2.82. The molecule has 0 fully saturated rings. The Kier molecular flexibility index (Phi) is 3.70. The fourth-order valence-electron chi connectivity index (χ4n) is 1.89. The number of hydrogen-bond acceptors (Lipinski definition) is 5. The van der Waals surface area contributed by atoms with Crippen LogP contribution in [0.15, 0.2) is 12.5 Å². The Morgan fingerprint density at radius 3 is 2.95 bits per heavy atom. The summed E-state index contributed by atoms with van der Waals surface area (Å²) in [5.41, 5.74) is 1.21. The van der Waals surface area contributed by atoms with E-state index < -0.39 is 5.97 Å². The minimum Gasteiger partial charge on any atom is -0.476 e. The van der Waals surface area contributed by atoms with E-state index in [0.29, 0.717) is 30.2 Å². The van der Waals surface area contributed by atoms with Crippen LogP contribution in [-0.2, 0) is 13.6 Å².